The molecule has 0 radical (unpaired) electrons. The summed E-state index contributed by atoms with van der Waals surface area (Å²) >= 11 is 2.60. The van der Waals surface area contributed by atoms with E-state index in [-0.39, 0.29) is 11.4 Å². The van der Waals surface area contributed by atoms with Crippen LogP contribution in [0.3, 0.4) is 0 Å². The first kappa shape index (κ1) is 17.7. The molecule has 6 nitrogen and oxygen atoms in total. The van der Waals surface area contributed by atoms with Crippen molar-refractivity contribution in [3.8, 4) is 0 Å². The van der Waals surface area contributed by atoms with Crippen molar-refractivity contribution in [2.24, 2.45) is 0 Å². The summed E-state index contributed by atoms with van der Waals surface area (Å²) in [4.78, 5) is 36.8. The van der Waals surface area contributed by atoms with Gasteiger partial charge in [-0.1, -0.05) is 35.6 Å². The molecular formula is C21H13N3O3S2. The van der Waals surface area contributed by atoms with E-state index in [0.29, 0.717) is 15.6 Å². The highest BCUT2D eigenvalue weighted by Crippen LogP contribution is 2.44. The third kappa shape index (κ3) is 2.84. The average molecular weight is 419 g/mol. The smallest absolute Gasteiger partial charge is 0.296 e. The largest absolute Gasteiger partial charge is 0.503 e. The van der Waals surface area contributed by atoms with Gasteiger partial charge >= 0.3 is 0 Å². The Kier molecular flexibility index (Phi) is 4.22. The molecule has 0 saturated heterocycles. The Morgan fingerprint density at radius 1 is 1.10 bits per heavy atom. The molecule has 1 aromatic carbocycles. The van der Waals surface area contributed by atoms with Crippen LogP contribution in [-0.2, 0) is 4.79 Å². The Balaban J connectivity index is 1.69. The first-order valence-electron chi connectivity index (χ1n) is 8.75. The Bertz CT molecular complexity index is 1230. The van der Waals surface area contributed by atoms with Crippen LogP contribution in [0.1, 0.15) is 21.3 Å². The molecule has 1 unspecified atom stereocenters. The van der Waals surface area contributed by atoms with Crippen LogP contribution in [0.2, 0.25) is 0 Å². The molecule has 1 N–H and O–H groups in total. The predicted octanol–water partition coefficient (Wildman–Crippen LogP) is 4.54. The van der Waals surface area contributed by atoms with Gasteiger partial charge in [-0.25, -0.2) is 4.98 Å². The summed E-state index contributed by atoms with van der Waals surface area (Å²) in [6.45, 7) is 0. The fourth-order valence-electron chi connectivity index (χ4n) is 3.39. The maximum atomic E-state index is 13.2. The molecule has 1 atom stereocenters. The topological polar surface area (TPSA) is 83.4 Å². The quantitative estimate of drug-likeness (QED) is 0.491. The lowest BCUT2D eigenvalue weighted by molar-refractivity contribution is -0.117. The number of carbonyl (C=O) groups excluding carboxylic acids is 2. The number of hydrogen-bond donors (Lipinski definition) is 1. The molecule has 8 heteroatoms. The molecule has 1 amide bonds. The molecule has 142 valence electrons. The normalized spacial score (nSPS) is 16.8. The van der Waals surface area contributed by atoms with E-state index >= 15 is 0 Å². The second-order valence-electron chi connectivity index (χ2n) is 6.40. The van der Waals surface area contributed by atoms with Gasteiger partial charge in [-0.05, 0) is 35.2 Å². The number of para-hydroxylation sites is 1. The van der Waals surface area contributed by atoms with E-state index in [9.17, 15) is 14.7 Å². The average Bonchev–Trinajstić information content (AvgIpc) is 3.47. The van der Waals surface area contributed by atoms with E-state index in [0.717, 1.165) is 10.2 Å². The Morgan fingerprint density at radius 3 is 2.69 bits per heavy atom. The maximum absolute atomic E-state index is 13.2. The second kappa shape index (κ2) is 6.91. The summed E-state index contributed by atoms with van der Waals surface area (Å²) in [5, 5.41) is 12.9. The fraction of sp³-hybridized carbons (Fsp3) is 0.0476. The Labute approximate surface area is 173 Å². The van der Waals surface area contributed by atoms with Crippen molar-refractivity contribution in [3.63, 3.8) is 0 Å². The number of amides is 1. The van der Waals surface area contributed by atoms with Gasteiger partial charge in [0.25, 0.3) is 5.91 Å². The van der Waals surface area contributed by atoms with Gasteiger partial charge in [-0.3, -0.25) is 19.5 Å². The summed E-state index contributed by atoms with van der Waals surface area (Å²) in [5.74, 6) is -1.56. The number of hydrogen-bond acceptors (Lipinski definition) is 7. The van der Waals surface area contributed by atoms with Crippen molar-refractivity contribution in [1.82, 2.24) is 9.97 Å². The van der Waals surface area contributed by atoms with Crippen molar-refractivity contribution in [2.75, 3.05) is 4.90 Å². The molecule has 0 aliphatic carbocycles. The van der Waals surface area contributed by atoms with Crippen LogP contribution < -0.4 is 4.90 Å². The van der Waals surface area contributed by atoms with E-state index < -0.39 is 17.7 Å². The van der Waals surface area contributed by atoms with Crippen LogP contribution in [0.15, 0.2) is 77.6 Å². The van der Waals surface area contributed by atoms with Crippen LogP contribution in [0.4, 0.5) is 5.13 Å². The van der Waals surface area contributed by atoms with Crippen molar-refractivity contribution in [2.45, 2.75) is 6.04 Å². The van der Waals surface area contributed by atoms with Crippen LogP contribution in [0, 0.1) is 0 Å². The summed E-state index contributed by atoms with van der Waals surface area (Å²) in [7, 11) is 0. The molecule has 29 heavy (non-hydrogen) atoms. The van der Waals surface area contributed by atoms with Gasteiger partial charge in [0, 0.05) is 12.4 Å². The third-order valence-corrected chi connectivity index (χ3v) is 6.59. The van der Waals surface area contributed by atoms with Gasteiger partial charge < -0.3 is 5.11 Å². The second-order valence-corrected chi connectivity index (χ2v) is 8.35. The number of benzene rings is 1. The minimum Gasteiger partial charge on any atom is -0.503 e. The number of ketones is 1. The number of fused-ring (bicyclic) bond motifs is 1. The van der Waals surface area contributed by atoms with E-state index in [1.54, 1.807) is 42.0 Å². The van der Waals surface area contributed by atoms with Crippen molar-refractivity contribution in [3.05, 3.63) is 88.1 Å². The minimum absolute atomic E-state index is 0.0460. The number of aromatic nitrogens is 2. The van der Waals surface area contributed by atoms with Gasteiger partial charge in [0.05, 0.1) is 26.7 Å². The van der Waals surface area contributed by atoms with E-state index in [1.807, 2.05) is 24.3 Å². The van der Waals surface area contributed by atoms with Crippen molar-refractivity contribution in [1.29, 1.82) is 0 Å². The lowest BCUT2D eigenvalue weighted by atomic mass is 9.97. The Morgan fingerprint density at radius 2 is 1.97 bits per heavy atom. The number of nitrogens with zero attached hydrogens (tertiary/aromatic N) is 3. The molecule has 3 aromatic heterocycles. The zero-order chi connectivity index (χ0) is 20.0. The minimum atomic E-state index is -0.800. The number of pyridine rings is 1. The number of aliphatic hydroxyl groups excluding tert-OH is 1. The lowest BCUT2D eigenvalue weighted by Crippen LogP contribution is -2.31. The molecule has 0 spiro atoms. The van der Waals surface area contributed by atoms with Gasteiger partial charge in [0.2, 0.25) is 5.78 Å². The Hall–Kier alpha value is -3.36. The summed E-state index contributed by atoms with van der Waals surface area (Å²) < 4.78 is 0.915. The van der Waals surface area contributed by atoms with Crippen LogP contribution in [-0.4, -0.2) is 26.8 Å². The number of thiophene rings is 1. The highest BCUT2D eigenvalue weighted by Gasteiger charge is 2.46. The number of anilines is 1. The first-order chi connectivity index (χ1) is 14.1. The molecule has 1 aliphatic rings. The monoisotopic (exact) mass is 419 g/mol. The maximum Gasteiger partial charge on any atom is 0.296 e. The van der Waals surface area contributed by atoms with Gasteiger partial charge in [-0.2, -0.15) is 0 Å². The molecule has 0 bridgehead atoms. The van der Waals surface area contributed by atoms with E-state index in [1.165, 1.54) is 27.6 Å². The molecule has 4 aromatic rings. The number of rotatable bonds is 4. The van der Waals surface area contributed by atoms with E-state index in [4.69, 9.17) is 0 Å². The fourth-order valence-corrected chi connectivity index (χ4v) is 5.06. The van der Waals surface area contributed by atoms with E-state index in [2.05, 4.69) is 9.97 Å². The molecule has 1 aliphatic heterocycles. The predicted molar refractivity (Wildman–Crippen MR) is 112 cm³/mol. The van der Waals surface area contributed by atoms with Gasteiger partial charge in [-0.15, -0.1) is 11.3 Å². The number of thiazole rings is 1. The molecule has 0 fully saturated rings. The standard InChI is InChI=1S/C21H13N3O3S2/c25-18(15-8-4-10-28-15)16-17(12-5-3-9-22-11-12)24(20(27)19(16)26)21-23-13-6-1-2-7-14(13)29-21/h1-11,17,26H. The highest BCUT2D eigenvalue weighted by atomic mass is 32.1. The van der Waals surface area contributed by atoms with Crippen LogP contribution in [0.5, 0.6) is 0 Å². The molecule has 4 heterocycles. The number of carbonyl (C=O) groups is 2. The SMILES string of the molecule is O=C(C1=C(O)C(=O)N(c2nc3ccccc3s2)C1c1cccnc1)c1cccs1. The summed E-state index contributed by atoms with van der Waals surface area (Å²) in [5.41, 5.74) is 1.43. The van der Waals surface area contributed by atoms with Gasteiger partial charge in [0.15, 0.2) is 10.9 Å². The van der Waals surface area contributed by atoms with Crippen molar-refractivity contribution < 1.29 is 14.7 Å². The van der Waals surface area contributed by atoms with Crippen molar-refractivity contribution >= 4 is 49.7 Å². The molecule has 5 rings (SSSR count). The first-order valence-corrected chi connectivity index (χ1v) is 10.4. The summed E-state index contributed by atoms with van der Waals surface area (Å²) in [6, 6.07) is 13.7. The molecular weight excluding hydrogens is 406 g/mol. The van der Waals surface area contributed by atoms with Gasteiger partial charge in [0.1, 0.15) is 0 Å². The zero-order valence-corrected chi connectivity index (χ0v) is 16.5. The number of Topliss-reactive ketones (excluding diaryl/α,β-unsaturated/α-hetero) is 1. The molecule has 0 saturated carbocycles. The highest BCUT2D eigenvalue weighted by molar-refractivity contribution is 7.22. The van der Waals surface area contributed by atoms with Crippen LogP contribution >= 0.6 is 22.7 Å². The third-order valence-electron chi connectivity index (χ3n) is 4.69. The van der Waals surface area contributed by atoms with Crippen LogP contribution in [0.25, 0.3) is 10.2 Å². The lowest BCUT2D eigenvalue weighted by Gasteiger charge is -2.23. The zero-order valence-electron chi connectivity index (χ0n) is 14.9. The summed E-state index contributed by atoms with van der Waals surface area (Å²) in [6.07, 6.45) is 3.21. The number of aliphatic hydroxyl groups is 1.